The smallest absolute Gasteiger partial charge is 0.456 e. The molecule has 0 fully saturated rings. The molecule has 0 heterocycles. The molecule has 0 aliphatic heterocycles. The van der Waals surface area contributed by atoms with Gasteiger partial charge in [0.15, 0.2) is 0 Å². The van der Waals surface area contributed by atoms with Gasteiger partial charge in [-0.1, -0.05) is 291 Å². The first-order chi connectivity index (χ1) is 41.9. The van der Waals surface area contributed by atoms with E-state index in [-0.39, 0.29) is 31.5 Å². The summed E-state index contributed by atoms with van der Waals surface area (Å²) in [6, 6.07) is -0.873. The van der Waals surface area contributed by atoms with Crippen LogP contribution in [0.15, 0.2) is 109 Å². The van der Waals surface area contributed by atoms with Gasteiger partial charge in [-0.05, 0) is 115 Å². The molecule has 0 aliphatic rings. The van der Waals surface area contributed by atoms with Crippen molar-refractivity contribution in [2.45, 2.75) is 322 Å². The van der Waals surface area contributed by atoms with Gasteiger partial charge in [-0.15, -0.1) is 0 Å². The highest BCUT2D eigenvalue weighted by atomic mass is 31.2. The van der Waals surface area contributed by atoms with Crippen molar-refractivity contribution in [1.29, 1.82) is 0 Å². The molecule has 86 heavy (non-hydrogen) atoms. The summed E-state index contributed by atoms with van der Waals surface area (Å²) in [5, 5.41) is 3.06. The minimum Gasteiger partial charge on any atom is -0.456 e. The molecule has 0 aromatic heterocycles. The van der Waals surface area contributed by atoms with Crippen LogP contribution in [0.5, 0.6) is 0 Å². The third-order valence-electron chi connectivity index (χ3n) is 15.4. The van der Waals surface area contributed by atoms with Crippen molar-refractivity contribution >= 4 is 19.7 Å². The topological polar surface area (TPSA) is 111 Å². The highest BCUT2D eigenvalue weighted by molar-refractivity contribution is 7.47. The van der Waals surface area contributed by atoms with E-state index in [0.29, 0.717) is 23.9 Å². The number of esters is 1. The van der Waals surface area contributed by atoms with Crippen molar-refractivity contribution in [2.24, 2.45) is 0 Å². The fourth-order valence-corrected chi connectivity index (χ4v) is 10.7. The molecule has 9 nitrogen and oxygen atoms in total. The third kappa shape index (κ3) is 65.1. The van der Waals surface area contributed by atoms with Gasteiger partial charge in [0.05, 0.1) is 33.8 Å². The Bertz CT molecular complexity index is 1840. The number of phosphoric acid groups is 1. The Labute approximate surface area is 531 Å². The van der Waals surface area contributed by atoms with E-state index in [9.17, 15) is 19.0 Å². The van der Waals surface area contributed by atoms with Crippen LogP contribution in [0.25, 0.3) is 0 Å². The molecule has 0 radical (unpaired) electrons. The van der Waals surface area contributed by atoms with Crippen LogP contribution in [-0.4, -0.2) is 74.3 Å². The molecule has 0 aromatic rings. The normalized spacial score (nSPS) is 14.2. The molecule has 0 saturated heterocycles. The van der Waals surface area contributed by atoms with E-state index in [1.807, 2.05) is 33.3 Å². The zero-order valence-corrected chi connectivity index (χ0v) is 57.7. The van der Waals surface area contributed by atoms with Crippen LogP contribution >= 0.6 is 7.82 Å². The van der Waals surface area contributed by atoms with Crippen LogP contribution in [0.2, 0.25) is 0 Å². The van der Waals surface area contributed by atoms with Gasteiger partial charge < -0.3 is 19.4 Å². The maximum atomic E-state index is 13.6. The van der Waals surface area contributed by atoms with E-state index in [1.165, 1.54) is 173 Å². The summed E-state index contributed by atoms with van der Waals surface area (Å²) in [5.74, 6) is -0.553. The van der Waals surface area contributed by atoms with Crippen LogP contribution in [0.1, 0.15) is 310 Å². The molecule has 0 bridgehead atoms. The largest absolute Gasteiger partial charge is 0.472 e. The summed E-state index contributed by atoms with van der Waals surface area (Å²) >= 11 is 0. The molecule has 10 heteroatoms. The summed E-state index contributed by atoms with van der Waals surface area (Å²) in [5.41, 5.74) is 0. The number of ether oxygens (including phenoxy) is 1. The molecule has 0 saturated carbocycles. The van der Waals surface area contributed by atoms with Crippen LogP contribution in [0.4, 0.5) is 0 Å². The number of hydrogen-bond donors (Lipinski definition) is 2. The van der Waals surface area contributed by atoms with E-state index in [0.717, 1.165) is 96.3 Å². The lowest BCUT2D eigenvalue weighted by Gasteiger charge is -2.27. The van der Waals surface area contributed by atoms with E-state index in [1.54, 1.807) is 0 Å². The Hall–Kier alpha value is -3.33. The number of unbranched alkanes of at least 4 members (excludes halogenated alkanes) is 32. The zero-order valence-electron chi connectivity index (χ0n) is 56.8. The van der Waals surface area contributed by atoms with Gasteiger partial charge in [0.2, 0.25) is 5.91 Å². The molecule has 3 unspecified atom stereocenters. The Morgan fingerprint density at radius 1 is 0.419 bits per heavy atom. The SMILES string of the molecule is CC/C=C\C/C=C\C/C=C\C/C=C\C/C=C\C/C=C\CCCCC(=O)OC(/C=C\CCCCCCCCCCCC)C(COP(=O)(O)OCC[N+](C)(C)C)NC(=O)CCCCCCCCCCCCCCCCCCC/C=C\C/C=C\CCCCC. The summed E-state index contributed by atoms with van der Waals surface area (Å²) < 4.78 is 30.8. The van der Waals surface area contributed by atoms with Crippen LogP contribution in [0.3, 0.4) is 0 Å². The number of quaternary nitrogens is 1. The fraction of sp³-hybridized carbons (Fsp3) is 0.737. The number of rotatable bonds is 64. The van der Waals surface area contributed by atoms with Crippen molar-refractivity contribution in [3.8, 4) is 0 Å². The number of likely N-dealkylation sites (N-methyl/N-ethyl adjacent to an activating group) is 1. The van der Waals surface area contributed by atoms with Crippen molar-refractivity contribution in [2.75, 3.05) is 40.9 Å². The maximum absolute atomic E-state index is 13.6. The summed E-state index contributed by atoms with van der Waals surface area (Å²) in [4.78, 5) is 37.9. The Morgan fingerprint density at radius 2 is 0.744 bits per heavy atom. The zero-order chi connectivity index (χ0) is 62.8. The first-order valence-corrected chi connectivity index (χ1v) is 37.2. The van der Waals surface area contributed by atoms with Crippen LogP contribution < -0.4 is 5.32 Å². The highest BCUT2D eigenvalue weighted by Crippen LogP contribution is 2.43. The number of carbonyl (C=O) groups is 2. The number of nitrogens with zero attached hydrogens (tertiary/aromatic N) is 1. The van der Waals surface area contributed by atoms with Crippen molar-refractivity contribution in [1.82, 2.24) is 5.32 Å². The number of allylic oxidation sites excluding steroid dienone is 17. The molecule has 3 atom stereocenters. The van der Waals surface area contributed by atoms with Crippen LogP contribution in [-0.2, 0) is 27.9 Å². The average molecular weight is 1220 g/mol. The fourth-order valence-electron chi connectivity index (χ4n) is 9.98. The number of phosphoric ester groups is 1. The van der Waals surface area contributed by atoms with Gasteiger partial charge in [-0.2, -0.15) is 0 Å². The molecule has 0 aromatic carbocycles. The van der Waals surface area contributed by atoms with Crippen molar-refractivity contribution in [3.63, 3.8) is 0 Å². The minimum absolute atomic E-state index is 0.0292. The van der Waals surface area contributed by atoms with E-state index in [4.69, 9.17) is 13.8 Å². The average Bonchev–Trinajstić information content (AvgIpc) is 3.69. The lowest BCUT2D eigenvalue weighted by atomic mass is 10.0. The van der Waals surface area contributed by atoms with Crippen LogP contribution in [0, 0.1) is 0 Å². The monoisotopic (exact) mass is 1220 g/mol. The molecule has 0 rings (SSSR count). The predicted molar refractivity (Wildman–Crippen MR) is 373 cm³/mol. The van der Waals surface area contributed by atoms with Gasteiger partial charge in [0, 0.05) is 12.8 Å². The number of nitrogens with one attached hydrogen (secondary N) is 1. The Balaban J connectivity index is 5.10. The van der Waals surface area contributed by atoms with Crippen molar-refractivity contribution in [3.05, 3.63) is 109 Å². The molecule has 0 spiro atoms. The molecular weight excluding hydrogens is 1080 g/mol. The third-order valence-corrected chi connectivity index (χ3v) is 16.4. The second-order valence-electron chi connectivity index (χ2n) is 25.0. The quantitative estimate of drug-likeness (QED) is 0.0205. The summed E-state index contributed by atoms with van der Waals surface area (Å²) in [6.45, 7) is 6.86. The Morgan fingerprint density at radius 3 is 1.15 bits per heavy atom. The number of hydrogen-bond acceptors (Lipinski definition) is 6. The van der Waals surface area contributed by atoms with Gasteiger partial charge in [0.25, 0.3) is 0 Å². The van der Waals surface area contributed by atoms with Gasteiger partial charge >= 0.3 is 13.8 Å². The van der Waals surface area contributed by atoms with Gasteiger partial charge in [-0.25, -0.2) is 4.57 Å². The Kier molecular flexibility index (Phi) is 62.1. The maximum Gasteiger partial charge on any atom is 0.472 e. The molecular formula is C76H136N2O7P+. The summed E-state index contributed by atoms with van der Waals surface area (Å²) in [6.07, 6.45) is 89.7. The van der Waals surface area contributed by atoms with E-state index < -0.39 is 20.0 Å². The standard InChI is InChI=1S/C76H135N2O7P/c1-7-10-13-16-19-22-25-28-30-32-34-36-37-38-39-40-41-43-44-46-48-50-53-56-59-62-65-68-75(79)77-73(72-84-86(81,82)83-71-70-78(4,5)6)74(67-64-61-58-55-52-27-24-21-18-15-12-9-3)85-76(80)69-66-63-60-57-54-51-49-47-45-42-35-33-31-29-26-23-20-17-14-11-8-2/h11,14,19-20,22-23,28-31,35,42,47,49,54,57,64,67,73-74H,7-10,12-13,15-18,21,24-27,32-34,36-41,43-46,48,50-53,55-56,58-63,65-66,68-72H2,1-6H3,(H-,77,79,81,82)/p+1/b14-11-,22-19-,23-20-,30-28-,31-29-,42-35-,49-47-,57-54-,67-64-. The highest BCUT2D eigenvalue weighted by Gasteiger charge is 2.30. The lowest BCUT2D eigenvalue weighted by Crippen LogP contribution is -2.47. The lowest BCUT2D eigenvalue weighted by molar-refractivity contribution is -0.870. The summed E-state index contributed by atoms with van der Waals surface area (Å²) in [7, 11) is 1.47. The predicted octanol–water partition coefficient (Wildman–Crippen LogP) is 22.8. The van der Waals surface area contributed by atoms with E-state index in [2.05, 4.69) is 123 Å². The number of amides is 1. The number of carbonyl (C=O) groups excluding carboxylic acids is 2. The minimum atomic E-state index is -4.47. The van der Waals surface area contributed by atoms with E-state index >= 15 is 0 Å². The first-order valence-electron chi connectivity index (χ1n) is 35.7. The van der Waals surface area contributed by atoms with Crippen molar-refractivity contribution < 1.29 is 37.3 Å². The molecule has 2 N–H and O–H groups in total. The van der Waals surface area contributed by atoms with Gasteiger partial charge in [0.1, 0.15) is 19.3 Å². The molecule has 1 amide bonds. The second-order valence-corrected chi connectivity index (χ2v) is 26.5. The van der Waals surface area contributed by atoms with Gasteiger partial charge in [-0.3, -0.25) is 18.6 Å². The molecule has 496 valence electrons. The molecule has 0 aliphatic carbocycles. The first kappa shape index (κ1) is 82.7. The second kappa shape index (κ2) is 64.6.